The molecule has 0 fully saturated rings. The van der Waals surface area contributed by atoms with E-state index in [1.165, 1.54) is 12.0 Å². The van der Waals surface area contributed by atoms with Gasteiger partial charge < -0.3 is 19.5 Å². The van der Waals surface area contributed by atoms with E-state index < -0.39 is 0 Å². The van der Waals surface area contributed by atoms with Gasteiger partial charge in [-0.25, -0.2) is 0 Å². The lowest BCUT2D eigenvalue weighted by Gasteiger charge is -2.16. The van der Waals surface area contributed by atoms with Crippen molar-refractivity contribution in [2.45, 2.75) is 46.3 Å². The zero-order valence-corrected chi connectivity index (χ0v) is 16.9. The summed E-state index contributed by atoms with van der Waals surface area (Å²) in [5, 5.41) is 3.47. The Bertz CT molecular complexity index is 655. The first-order valence-corrected chi connectivity index (χ1v) is 9.87. The van der Waals surface area contributed by atoms with Gasteiger partial charge in [-0.15, -0.1) is 0 Å². The van der Waals surface area contributed by atoms with Crippen molar-refractivity contribution in [3.05, 3.63) is 59.2 Å². The summed E-state index contributed by atoms with van der Waals surface area (Å²) in [5.41, 5.74) is 3.50. The van der Waals surface area contributed by atoms with Crippen LogP contribution < -0.4 is 14.8 Å². The molecule has 0 heterocycles. The third-order valence-corrected chi connectivity index (χ3v) is 4.38. The summed E-state index contributed by atoms with van der Waals surface area (Å²) in [5.74, 6) is 1.58. The van der Waals surface area contributed by atoms with E-state index in [1.807, 2.05) is 12.1 Å². The maximum absolute atomic E-state index is 6.12. The summed E-state index contributed by atoms with van der Waals surface area (Å²) in [6, 6.07) is 14.4. The molecule has 0 radical (unpaired) electrons. The Morgan fingerprint density at radius 3 is 2.48 bits per heavy atom. The molecule has 0 spiro atoms. The minimum absolute atomic E-state index is 0.527. The third-order valence-electron chi connectivity index (χ3n) is 4.38. The lowest BCUT2D eigenvalue weighted by Crippen LogP contribution is -2.17. The first kappa shape index (κ1) is 21.3. The second-order valence-corrected chi connectivity index (χ2v) is 6.72. The molecular weight excluding hydrogens is 338 g/mol. The maximum Gasteiger partial charge on any atom is 0.166 e. The number of methoxy groups -OCH3 is 1. The fourth-order valence-electron chi connectivity index (χ4n) is 2.74. The zero-order chi connectivity index (χ0) is 19.3. The van der Waals surface area contributed by atoms with Crippen molar-refractivity contribution < 1.29 is 14.2 Å². The highest BCUT2D eigenvalue weighted by atomic mass is 16.5. The summed E-state index contributed by atoms with van der Waals surface area (Å²) < 4.78 is 17.2. The molecule has 0 saturated carbocycles. The Kier molecular flexibility index (Phi) is 9.74. The Morgan fingerprint density at radius 1 is 0.963 bits per heavy atom. The van der Waals surface area contributed by atoms with Crippen LogP contribution in [0.1, 0.15) is 42.9 Å². The van der Waals surface area contributed by atoms with Gasteiger partial charge in [0.1, 0.15) is 6.61 Å². The van der Waals surface area contributed by atoms with Crippen LogP contribution in [0.15, 0.2) is 42.5 Å². The highest BCUT2D eigenvalue weighted by molar-refractivity contribution is 5.46. The normalized spacial score (nSPS) is 10.8. The molecular formula is C23H33NO3. The van der Waals surface area contributed by atoms with Crippen molar-refractivity contribution in [3.8, 4) is 11.5 Å². The van der Waals surface area contributed by atoms with Crippen LogP contribution in [0.25, 0.3) is 0 Å². The van der Waals surface area contributed by atoms with Gasteiger partial charge >= 0.3 is 0 Å². The van der Waals surface area contributed by atoms with E-state index in [2.05, 4.69) is 49.5 Å². The van der Waals surface area contributed by atoms with E-state index in [-0.39, 0.29) is 0 Å². The van der Waals surface area contributed by atoms with E-state index in [1.54, 1.807) is 7.11 Å². The molecule has 0 amide bonds. The molecule has 2 aromatic carbocycles. The second kappa shape index (κ2) is 12.4. The number of para-hydroxylation sites is 1. The van der Waals surface area contributed by atoms with E-state index in [9.17, 15) is 0 Å². The minimum atomic E-state index is 0.527. The second-order valence-electron chi connectivity index (χ2n) is 6.72. The molecule has 2 rings (SSSR count). The fourth-order valence-corrected chi connectivity index (χ4v) is 2.74. The number of ether oxygens (including phenoxy) is 3. The molecule has 2 aromatic rings. The van der Waals surface area contributed by atoms with Crippen LogP contribution >= 0.6 is 0 Å². The summed E-state index contributed by atoms with van der Waals surface area (Å²) in [6.45, 7) is 8.13. The predicted octanol–water partition coefficient (Wildman–Crippen LogP) is 4.88. The Labute approximate surface area is 163 Å². The van der Waals surface area contributed by atoms with Crippen LogP contribution in [-0.2, 0) is 17.9 Å². The number of unbranched alkanes of at least 4 members (excludes halogenated alkanes) is 1. The summed E-state index contributed by atoms with van der Waals surface area (Å²) >= 11 is 0. The molecule has 1 N–H and O–H groups in total. The Morgan fingerprint density at radius 2 is 1.74 bits per heavy atom. The summed E-state index contributed by atoms with van der Waals surface area (Å²) in [4.78, 5) is 0. The smallest absolute Gasteiger partial charge is 0.166 e. The fraction of sp³-hybridized carbons (Fsp3) is 0.478. The van der Waals surface area contributed by atoms with Crippen LogP contribution in [0.2, 0.25) is 0 Å². The van der Waals surface area contributed by atoms with Crippen molar-refractivity contribution in [2.75, 3.05) is 26.9 Å². The van der Waals surface area contributed by atoms with Gasteiger partial charge in [0, 0.05) is 25.3 Å². The van der Waals surface area contributed by atoms with Crippen molar-refractivity contribution in [3.63, 3.8) is 0 Å². The number of rotatable bonds is 13. The van der Waals surface area contributed by atoms with E-state index >= 15 is 0 Å². The van der Waals surface area contributed by atoms with Gasteiger partial charge in [0.2, 0.25) is 0 Å². The van der Waals surface area contributed by atoms with Crippen molar-refractivity contribution in [1.82, 2.24) is 5.32 Å². The van der Waals surface area contributed by atoms with Gasteiger partial charge in [0.15, 0.2) is 11.5 Å². The van der Waals surface area contributed by atoms with Gasteiger partial charge in [0.05, 0.1) is 7.11 Å². The lowest BCUT2D eigenvalue weighted by molar-refractivity contribution is 0.128. The first-order valence-electron chi connectivity index (χ1n) is 9.87. The summed E-state index contributed by atoms with van der Waals surface area (Å²) in [7, 11) is 1.68. The Hall–Kier alpha value is -2.04. The topological polar surface area (TPSA) is 39.7 Å². The maximum atomic E-state index is 6.12. The number of benzene rings is 2. The molecule has 0 aliphatic heterocycles. The van der Waals surface area contributed by atoms with Gasteiger partial charge in [-0.2, -0.15) is 0 Å². The average Bonchev–Trinajstić information content (AvgIpc) is 2.69. The monoisotopic (exact) mass is 371 g/mol. The van der Waals surface area contributed by atoms with Crippen LogP contribution in [-0.4, -0.2) is 26.9 Å². The van der Waals surface area contributed by atoms with Crippen molar-refractivity contribution >= 4 is 0 Å². The van der Waals surface area contributed by atoms with Crippen LogP contribution in [0.3, 0.4) is 0 Å². The highest BCUT2D eigenvalue weighted by Gasteiger charge is 2.10. The largest absolute Gasteiger partial charge is 0.493 e. The van der Waals surface area contributed by atoms with Gasteiger partial charge in [0.25, 0.3) is 0 Å². The molecule has 0 aliphatic carbocycles. The van der Waals surface area contributed by atoms with Crippen LogP contribution in [0, 0.1) is 6.92 Å². The van der Waals surface area contributed by atoms with Crippen LogP contribution in [0.4, 0.5) is 0 Å². The third kappa shape index (κ3) is 7.61. The Balaban J connectivity index is 1.85. The molecule has 0 bridgehead atoms. The zero-order valence-electron chi connectivity index (χ0n) is 16.9. The standard InChI is InChI=1S/C23H33NO3/c1-4-5-15-26-16-7-14-24-17-21-8-6-9-22(25-3)23(21)27-18-20-12-10-19(2)11-13-20/h6,8-13,24H,4-5,7,14-18H2,1-3H3. The quantitative estimate of drug-likeness (QED) is 0.510. The van der Waals surface area contributed by atoms with Crippen LogP contribution in [0.5, 0.6) is 11.5 Å². The van der Waals surface area contributed by atoms with E-state index in [0.717, 1.165) is 61.8 Å². The molecule has 0 saturated heterocycles. The number of aryl methyl sites for hydroxylation is 1. The van der Waals surface area contributed by atoms with E-state index in [4.69, 9.17) is 14.2 Å². The molecule has 148 valence electrons. The number of hydrogen-bond acceptors (Lipinski definition) is 4. The first-order chi connectivity index (χ1) is 13.2. The van der Waals surface area contributed by atoms with E-state index in [0.29, 0.717) is 6.61 Å². The van der Waals surface area contributed by atoms with Gasteiger partial charge in [-0.3, -0.25) is 0 Å². The molecule has 0 atom stereocenters. The lowest BCUT2D eigenvalue weighted by atomic mass is 10.1. The molecule has 4 nitrogen and oxygen atoms in total. The summed E-state index contributed by atoms with van der Waals surface area (Å²) in [6.07, 6.45) is 3.33. The molecule has 4 heteroatoms. The average molecular weight is 372 g/mol. The van der Waals surface area contributed by atoms with Gasteiger partial charge in [-0.1, -0.05) is 55.3 Å². The molecule has 27 heavy (non-hydrogen) atoms. The highest BCUT2D eigenvalue weighted by Crippen LogP contribution is 2.31. The molecule has 0 unspecified atom stereocenters. The van der Waals surface area contributed by atoms with Gasteiger partial charge in [-0.05, 0) is 37.9 Å². The minimum Gasteiger partial charge on any atom is -0.493 e. The predicted molar refractivity (Wildman–Crippen MR) is 111 cm³/mol. The van der Waals surface area contributed by atoms with Crippen molar-refractivity contribution in [1.29, 1.82) is 0 Å². The van der Waals surface area contributed by atoms with Crippen molar-refractivity contribution in [2.24, 2.45) is 0 Å². The molecule has 0 aliphatic rings. The molecule has 0 aromatic heterocycles. The number of hydrogen-bond donors (Lipinski definition) is 1. The number of nitrogens with one attached hydrogen (secondary N) is 1. The SMILES string of the molecule is CCCCOCCCNCc1cccc(OC)c1OCc1ccc(C)cc1.